The van der Waals surface area contributed by atoms with Crippen LogP contribution in [-0.2, 0) is 9.59 Å². The summed E-state index contributed by atoms with van der Waals surface area (Å²) in [6, 6.07) is 9.96. The highest BCUT2D eigenvalue weighted by atomic mass is 16.2. The Morgan fingerprint density at radius 2 is 2.09 bits per heavy atom. The molecule has 0 spiro atoms. The lowest BCUT2D eigenvalue weighted by Gasteiger charge is -2.31. The van der Waals surface area contributed by atoms with Gasteiger partial charge >= 0.3 is 0 Å². The van der Waals surface area contributed by atoms with Gasteiger partial charge in [0.25, 0.3) is 0 Å². The van der Waals surface area contributed by atoms with Crippen LogP contribution in [0.15, 0.2) is 30.3 Å². The topological polar surface area (TPSA) is 61.4 Å². The van der Waals surface area contributed by atoms with Crippen molar-refractivity contribution in [2.45, 2.75) is 32.2 Å². The van der Waals surface area contributed by atoms with Crippen molar-refractivity contribution in [2.24, 2.45) is 0 Å². The predicted octanol–water partition coefficient (Wildman–Crippen LogP) is 1.12. The van der Waals surface area contributed by atoms with Crippen LogP contribution in [0.5, 0.6) is 0 Å². The van der Waals surface area contributed by atoms with Crippen LogP contribution in [0.25, 0.3) is 0 Å². The maximum atomic E-state index is 12.3. The molecule has 0 saturated carbocycles. The molecular formula is C17H25N3O2. The van der Waals surface area contributed by atoms with E-state index < -0.39 is 0 Å². The van der Waals surface area contributed by atoms with Gasteiger partial charge in [-0.2, -0.15) is 0 Å². The van der Waals surface area contributed by atoms with Gasteiger partial charge in [0.1, 0.15) is 0 Å². The van der Waals surface area contributed by atoms with E-state index in [1.54, 1.807) is 0 Å². The number of piperazine rings is 1. The van der Waals surface area contributed by atoms with E-state index in [4.69, 9.17) is 0 Å². The van der Waals surface area contributed by atoms with E-state index in [0.717, 1.165) is 13.0 Å². The number of carbonyl (C=O) groups is 2. The summed E-state index contributed by atoms with van der Waals surface area (Å²) in [7, 11) is 0. The van der Waals surface area contributed by atoms with Crippen LogP contribution in [0.4, 0.5) is 0 Å². The third-order valence-electron chi connectivity index (χ3n) is 4.28. The zero-order valence-electron chi connectivity index (χ0n) is 13.3. The summed E-state index contributed by atoms with van der Waals surface area (Å²) in [5, 5.41) is 5.81. The van der Waals surface area contributed by atoms with Crippen molar-refractivity contribution in [1.29, 1.82) is 0 Å². The van der Waals surface area contributed by atoms with Crippen molar-refractivity contribution in [1.82, 2.24) is 15.5 Å². The van der Waals surface area contributed by atoms with E-state index in [2.05, 4.69) is 29.7 Å². The maximum Gasteiger partial charge on any atom is 0.237 e. The Morgan fingerprint density at radius 3 is 2.73 bits per heavy atom. The minimum Gasteiger partial charge on any atom is -0.354 e. The number of rotatable bonds is 6. The second kappa shape index (κ2) is 7.94. The van der Waals surface area contributed by atoms with E-state index >= 15 is 0 Å². The predicted molar refractivity (Wildman–Crippen MR) is 86.5 cm³/mol. The van der Waals surface area contributed by atoms with Crippen LogP contribution >= 0.6 is 0 Å². The van der Waals surface area contributed by atoms with Crippen molar-refractivity contribution in [3.63, 3.8) is 0 Å². The fourth-order valence-corrected chi connectivity index (χ4v) is 2.75. The molecule has 5 nitrogen and oxygen atoms in total. The van der Waals surface area contributed by atoms with Gasteiger partial charge in [-0.05, 0) is 18.9 Å². The summed E-state index contributed by atoms with van der Waals surface area (Å²) in [6.07, 6.45) is 0.977. The van der Waals surface area contributed by atoms with E-state index in [9.17, 15) is 9.59 Å². The SMILES string of the molecule is CC[C@@H](CNC(=O)[C@@H](C)N1CCNC(=O)C1)c1ccccc1. The molecule has 5 heteroatoms. The molecule has 22 heavy (non-hydrogen) atoms. The Kier molecular flexibility index (Phi) is 5.95. The Labute approximate surface area is 132 Å². The standard InChI is InChI=1S/C17H25N3O2/c1-3-14(15-7-5-4-6-8-15)11-19-17(22)13(2)20-10-9-18-16(21)12-20/h4-8,13-14H,3,9-12H2,1-2H3,(H,18,21)(H,19,22)/t13-,14+/m1/s1. The Morgan fingerprint density at radius 1 is 1.36 bits per heavy atom. The van der Waals surface area contributed by atoms with Gasteiger partial charge in [0.05, 0.1) is 12.6 Å². The molecule has 1 heterocycles. The molecule has 0 aromatic heterocycles. The molecule has 1 fully saturated rings. The maximum absolute atomic E-state index is 12.3. The fraction of sp³-hybridized carbons (Fsp3) is 0.529. The summed E-state index contributed by atoms with van der Waals surface area (Å²) >= 11 is 0. The van der Waals surface area contributed by atoms with Crippen molar-refractivity contribution in [3.05, 3.63) is 35.9 Å². The summed E-state index contributed by atoms with van der Waals surface area (Å²) in [6.45, 7) is 6.24. The zero-order valence-corrected chi connectivity index (χ0v) is 13.3. The molecular weight excluding hydrogens is 278 g/mol. The normalized spacial score (nSPS) is 18.4. The second-order valence-corrected chi connectivity index (χ2v) is 5.76. The minimum absolute atomic E-state index is 0.0101. The number of amides is 2. The number of nitrogens with zero attached hydrogens (tertiary/aromatic N) is 1. The first kappa shape index (κ1) is 16.5. The summed E-state index contributed by atoms with van der Waals surface area (Å²) in [4.78, 5) is 25.6. The minimum atomic E-state index is -0.278. The molecule has 0 unspecified atom stereocenters. The molecule has 0 radical (unpaired) electrons. The number of hydrogen-bond acceptors (Lipinski definition) is 3. The van der Waals surface area contributed by atoms with Crippen LogP contribution in [0, 0.1) is 0 Å². The number of hydrogen-bond donors (Lipinski definition) is 2. The lowest BCUT2D eigenvalue weighted by molar-refractivity contribution is -0.130. The highest BCUT2D eigenvalue weighted by Gasteiger charge is 2.26. The van der Waals surface area contributed by atoms with Gasteiger partial charge in [0.15, 0.2) is 0 Å². The molecule has 2 rings (SSSR count). The van der Waals surface area contributed by atoms with Crippen molar-refractivity contribution < 1.29 is 9.59 Å². The van der Waals surface area contributed by atoms with Gasteiger partial charge in [-0.25, -0.2) is 0 Å². The average Bonchev–Trinajstić information content (AvgIpc) is 2.55. The number of nitrogens with one attached hydrogen (secondary N) is 2. The quantitative estimate of drug-likeness (QED) is 0.828. The van der Waals surface area contributed by atoms with Crippen LogP contribution in [0.3, 0.4) is 0 Å². The Balaban J connectivity index is 1.87. The highest BCUT2D eigenvalue weighted by Crippen LogP contribution is 2.18. The smallest absolute Gasteiger partial charge is 0.237 e. The van der Waals surface area contributed by atoms with E-state index in [0.29, 0.717) is 25.6 Å². The van der Waals surface area contributed by atoms with E-state index in [1.807, 2.05) is 30.0 Å². The lowest BCUT2D eigenvalue weighted by atomic mass is 9.96. The number of carbonyl (C=O) groups excluding carboxylic acids is 2. The fourth-order valence-electron chi connectivity index (χ4n) is 2.75. The monoisotopic (exact) mass is 303 g/mol. The molecule has 1 aliphatic heterocycles. The molecule has 120 valence electrons. The first-order chi connectivity index (χ1) is 10.6. The summed E-state index contributed by atoms with van der Waals surface area (Å²) in [5.41, 5.74) is 1.25. The van der Waals surface area contributed by atoms with Gasteiger partial charge < -0.3 is 10.6 Å². The molecule has 0 aliphatic carbocycles. The molecule has 1 aromatic carbocycles. The lowest BCUT2D eigenvalue weighted by Crippen LogP contribution is -2.55. The average molecular weight is 303 g/mol. The van der Waals surface area contributed by atoms with Gasteiger partial charge in [-0.1, -0.05) is 37.3 Å². The van der Waals surface area contributed by atoms with E-state index in [-0.39, 0.29) is 17.9 Å². The van der Waals surface area contributed by atoms with Gasteiger partial charge in [-0.3, -0.25) is 14.5 Å². The van der Waals surface area contributed by atoms with Crippen LogP contribution in [-0.4, -0.2) is 48.9 Å². The Bertz CT molecular complexity index is 504. The van der Waals surface area contributed by atoms with Crippen molar-refractivity contribution in [3.8, 4) is 0 Å². The van der Waals surface area contributed by atoms with Crippen molar-refractivity contribution in [2.75, 3.05) is 26.2 Å². The van der Waals surface area contributed by atoms with Crippen LogP contribution in [0.2, 0.25) is 0 Å². The molecule has 1 aromatic rings. The molecule has 2 atom stereocenters. The van der Waals surface area contributed by atoms with Crippen LogP contribution in [0.1, 0.15) is 31.7 Å². The molecule has 2 amide bonds. The second-order valence-electron chi connectivity index (χ2n) is 5.76. The molecule has 1 aliphatic rings. The van der Waals surface area contributed by atoms with E-state index in [1.165, 1.54) is 5.56 Å². The van der Waals surface area contributed by atoms with Gasteiger partial charge in [0, 0.05) is 25.6 Å². The van der Waals surface area contributed by atoms with Gasteiger partial charge in [-0.15, -0.1) is 0 Å². The third-order valence-corrected chi connectivity index (χ3v) is 4.28. The Hall–Kier alpha value is -1.88. The summed E-state index contributed by atoms with van der Waals surface area (Å²) in [5.74, 6) is 0.299. The molecule has 2 N–H and O–H groups in total. The largest absolute Gasteiger partial charge is 0.354 e. The first-order valence-electron chi connectivity index (χ1n) is 7.95. The number of benzene rings is 1. The van der Waals surface area contributed by atoms with Crippen molar-refractivity contribution >= 4 is 11.8 Å². The van der Waals surface area contributed by atoms with Crippen LogP contribution < -0.4 is 10.6 Å². The summed E-state index contributed by atoms with van der Waals surface area (Å²) < 4.78 is 0. The highest BCUT2D eigenvalue weighted by molar-refractivity contribution is 5.83. The van der Waals surface area contributed by atoms with Gasteiger partial charge in [0.2, 0.25) is 11.8 Å². The first-order valence-corrected chi connectivity index (χ1v) is 7.95. The molecule has 1 saturated heterocycles. The zero-order chi connectivity index (χ0) is 15.9. The molecule has 0 bridgehead atoms. The third kappa shape index (κ3) is 4.31.